The topological polar surface area (TPSA) is 96.4 Å². The first-order chi connectivity index (χ1) is 16.0. The summed E-state index contributed by atoms with van der Waals surface area (Å²) in [6.07, 6.45) is 3.68. The number of aromatic nitrogens is 1. The van der Waals surface area contributed by atoms with Crippen molar-refractivity contribution in [2.75, 3.05) is 6.54 Å². The normalized spacial score (nSPS) is 12.8. The summed E-state index contributed by atoms with van der Waals surface area (Å²) in [5.41, 5.74) is 1.81. The molecule has 0 aliphatic carbocycles. The van der Waals surface area contributed by atoms with Gasteiger partial charge in [0.05, 0.1) is 6.26 Å². The highest BCUT2D eigenvalue weighted by Crippen LogP contribution is 2.23. The van der Waals surface area contributed by atoms with Gasteiger partial charge in [0.25, 0.3) is 0 Å². The summed E-state index contributed by atoms with van der Waals surface area (Å²) < 4.78 is 10.5. The first-order valence-electron chi connectivity index (χ1n) is 10.9. The molecule has 0 saturated carbocycles. The Kier molecular flexibility index (Phi) is 6.78. The number of carbonyl (C=O) groups excluding carboxylic acids is 2. The molecule has 3 N–H and O–H groups in total. The molecule has 0 bridgehead atoms. The molecule has 2 aromatic heterocycles. The van der Waals surface area contributed by atoms with Crippen LogP contribution in [0, 0.1) is 0 Å². The SMILES string of the molecule is C[C@](Cc1c[nH]c2ccccc12)(NC(=O)OCc1ccco1)C(=O)NCCc1ccccc1. The lowest BCUT2D eigenvalue weighted by Crippen LogP contribution is -2.58. The van der Waals surface area contributed by atoms with Gasteiger partial charge in [0.15, 0.2) is 6.61 Å². The lowest BCUT2D eigenvalue weighted by molar-refractivity contribution is -0.126. The number of fused-ring (bicyclic) bond motifs is 1. The third-order valence-corrected chi connectivity index (χ3v) is 5.57. The minimum Gasteiger partial charge on any atom is -0.466 e. The van der Waals surface area contributed by atoms with Crippen molar-refractivity contribution in [3.05, 3.63) is 96.1 Å². The van der Waals surface area contributed by atoms with Gasteiger partial charge in [-0.15, -0.1) is 0 Å². The minimum absolute atomic E-state index is 0.0162. The number of amides is 2. The van der Waals surface area contributed by atoms with Crippen LogP contribution in [0.3, 0.4) is 0 Å². The standard InChI is InChI=1S/C26H27N3O4/c1-26(29-25(31)33-18-21-10-7-15-32-21,16-20-17-28-23-12-6-5-11-22(20)23)24(30)27-14-13-19-8-3-2-4-9-19/h2-12,15,17,28H,13-14,16,18H2,1H3,(H,27,30)(H,29,31)/t26-/m1/s1. The van der Waals surface area contributed by atoms with E-state index in [0.717, 1.165) is 22.0 Å². The molecular formula is C26H27N3O4. The smallest absolute Gasteiger partial charge is 0.408 e. The van der Waals surface area contributed by atoms with E-state index in [1.54, 1.807) is 19.1 Å². The van der Waals surface area contributed by atoms with Gasteiger partial charge in [0.1, 0.15) is 11.3 Å². The van der Waals surface area contributed by atoms with Gasteiger partial charge in [-0.1, -0.05) is 48.5 Å². The van der Waals surface area contributed by atoms with Crippen molar-refractivity contribution in [1.82, 2.24) is 15.6 Å². The fourth-order valence-corrected chi connectivity index (χ4v) is 3.79. The number of H-pyrrole nitrogens is 1. The average molecular weight is 446 g/mol. The first kappa shape index (κ1) is 22.2. The Bertz CT molecular complexity index is 1200. The molecule has 2 heterocycles. The molecule has 0 aliphatic rings. The Morgan fingerprint density at radius 2 is 1.82 bits per heavy atom. The molecule has 7 nitrogen and oxygen atoms in total. The first-order valence-corrected chi connectivity index (χ1v) is 10.9. The number of benzene rings is 2. The zero-order valence-corrected chi connectivity index (χ0v) is 18.5. The van der Waals surface area contributed by atoms with Crippen LogP contribution in [0.25, 0.3) is 10.9 Å². The monoisotopic (exact) mass is 445 g/mol. The second kappa shape index (κ2) is 10.1. The summed E-state index contributed by atoms with van der Waals surface area (Å²) in [6, 6.07) is 21.2. The molecule has 0 unspecified atom stereocenters. The van der Waals surface area contributed by atoms with Crippen molar-refractivity contribution in [3.63, 3.8) is 0 Å². The van der Waals surface area contributed by atoms with Crippen LogP contribution in [-0.4, -0.2) is 29.1 Å². The Labute approximate surface area is 192 Å². The summed E-state index contributed by atoms with van der Waals surface area (Å²) in [5, 5.41) is 6.75. The van der Waals surface area contributed by atoms with Crippen LogP contribution in [0.5, 0.6) is 0 Å². The fourth-order valence-electron chi connectivity index (χ4n) is 3.79. The van der Waals surface area contributed by atoms with Gasteiger partial charge in [-0.25, -0.2) is 4.79 Å². The van der Waals surface area contributed by atoms with Crippen molar-refractivity contribution in [3.8, 4) is 0 Å². The van der Waals surface area contributed by atoms with Crippen LogP contribution in [0.2, 0.25) is 0 Å². The number of alkyl carbamates (subject to hydrolysis) is 1. The van der Waals surface area contributed by atoms with Gasteiger partial charge in [-0.3, -0.25) is 4.79 Å². The van der Waals surface area contributed by atoms with Crippen LogP contribution >= 0.6 is 0 Å². The quantitative estimate of drug-likeness (QED) is 0.357. The van der Waals surface area contributed by atoms with Gasteiger partial charge >= 0.3 is 6.09 Å². The van der Waals surface area contributed by atoms with Gasteiger partial charge in [-0.2, -0.15) is 0 Å². The molecule has 0 spiro atoms. The fraction of sp³-hybridized carbons (Fsp3) is 0.231. The maximum absolute atomic E-state index is 13.3. The molecule has 0 saturated heterocycles. The van der Waals surface area contributed by atoms with Crippen molar-refractivity contribution in [2.24, 2.45) is 0 Å². The van der Waals surface area contributed by atoms with Gasteiger partial charge in [-0.05, 0) is 42.7 Å². The Balaban J connectivity index is 1.47. The Morgan fingerprint density at radius 3 is 2.61 bits per heavy atom. The minimum atomic E-state index is -1.22. The number of furan rings is 1. The molecule has 7 heteroatoms. The maximum Gasteiger partial charge on any atom is 0.408 e. The second-order valence-corrected chi connectivity index (χ2v) is 8.14. The summed E-state index contributed by atoms with van der Waals surface area (Å²) in [5.74, 6) is 0.245. The van der Waals surface area contributed by atoms with E-state index in [1.807, 2.05) is 60.8 Å². The van der Waals surface area contributed by atoms with E-state index in [9.17, 15) is 9.59 Å². The summed E-state index contributed by atoms with van der Waals surface area (Å²) in [7, 11) is 0. The summed E-state index contributed by atoms with van der Waals surface area (Å²) in [4.78, 5) is 29.1. The van der Waals surface area contributed by atoms with Gasteiger partial charge in [0.2, 0.25) is 5.91 Å². The van der Waals surface area contributed by atoms with Crippen molar-refractivity contribution < 1.29 is 18.7 Å². The number of carbonyl (C=O) groups is 2. The zero-order chi connectivity index (χ0) is 23.1. The average Bonchev–Trinajstić information content (AvgIpc) is 3.49. The van der Waals surface area contributed by atoms with E-state index in [-0.39, 0.29) is 12.5 Å². The van der Waals surface area contributed by atoms with E-state index in [2.05, 4.69) is 15.6 Å². The van der Waals surface area contributed by atoms with Crippen LogP contribution in [0.4, 0.5) is 4.79 Å². The number of rotatable bonds is 9. The highest BCUT2D eigenvalue weighted by atomic mass is 16.6. The highest BCUT2D eigenvalue weighted by molar-refractivity contribution is 5.91. The predicted octanol–water partition coefficient (Wildman–Crippen LogP) is 4.35. The second-order valence-electron chi connectivity index (χ2n) is 8.14. The van der Waals surface area contributed by atoms with E-state index in [4.69, 9.17) is 9.15 Å². The highest BCUT2D eigenvalue weighted by Gasteiger charge is 2.36. The molecule has 4 rings (SSSR count). The van der Waals surface area contributed by atoms with Crippen LogP contribution in [-0.2, 0) is 29.0 Å². The molecule has 0 aliphatic heterocycles. The molecule has 0 radical (unpaired) electrons. The number of ether oxygens (including phenoxy) is 1. The van der Waals surface area contributed by atoms with Crippen molar-refractivity contribution in [2.45, 2.75) is 31.9 Å². The third kappa shape index (κ3) is 5.63. The lowest BCUT2D eigenvalue weighted by Gasteiger charge is -2.29. The number of nitrogens with one attached hydrogen (secondary N) is 3. The predicted molar refractivity (Wildman–Crippen MR) is 126 cm³/mol. The Morgan fingerprint density at radius 1 is 1.03 bits per heavy atom. The Hall–Kier alpha value is -4.00. The third-order valence-electron chi connectivity index (χ3n) is 5.57. The van der Waals surface area contributed by atoms with Crippen LogP contribution in [0.1, 0.15) is 23.8 Å². The zero-order valence-electron chi connectivity index (χ0n) is 18.5. The van der Waals surface area contributed by atoms with Gasteiger partial charge < -0.3 is 24.8 Å². The van der Waals surface area contributed by atoms with Crippen molar-refractivity contribution >= 4 is 22.9 Å². The molecule has 2 amide bonds. The largest absolute Gasteiger partial charge is 0.466 e. The number of hydrogen-bond donors (Lipinski definition) is 3. The molecule has 4 aromatic rings. The number of para-hydroxylation sites is 1. The molecule has 1 atom stereocenters. The summed E-state index contributed by atoms with van der Waals surface area (Å²) >= 11 is 0. The molecule has 2 aromatic carbocycles. The van der Waals surface area contributed by atoms with Crippen molar-refractivity contribution in [1.29, 1.82) is 0 Å². The van der Waals surface area contributed by atoms with E-state index < -0.39 is 11.6 Å². The number of aromatic amines is 1. The van der Waals surface area contributed by atoms with E-state index in [1.165, 1.54) is 6.26 Å². The maximum atomic E-state index is 13.3. The van der Waals surface area contributed by atoms with Crippen LogP contribution < -0.4 is 10.6 Å². The molecular weight excluding hydrogens is 418 g/mol. The van der Waals surface area contributed by atoms with E-state index in [0.29, 0.717) is 25.1 Å². The van der Waals surface area contributed by atoms with Crippen LogP contribution in [0.15, 0.2) is 83.6 Å². The van der Waals surface area contributed by atoms with E-state index >= 15 is 0 Å². The molecule has 33 heavy (non-hydrogen) atoms. The molecule has 0 fully saturated rings. The van der Waals surface area contributed by atoms with Gasteiger partial charge in [0, 0.05) is 30.1 Å². The lowest BCUT2D eigenvalue weighted by atomic mass is 9.91. The molecule has 170 valence electrons. The number of hydrogen-bond acceptors (Lipinski definition) is 4. The summed E-state index contributed by atoms with van der Waals surface area (Å²) in [6.45, 7) is 2.15.